The zero-order valence-electron chi connectivity index (χ0n) is 23.7. The van der Waals surface area contributed by atoms with Gasteiger partial charge in [-0.15, -0.1) is 0 Å². The fourth-order valence-corrected chi connectivity index (χ4v) is 7.73. The van der Waals surface area contributed by atoms with Gasteiger partial charge < -0.3 is 9.84 Å². The summed E-state index contributed by atoms with van der Waals surface area (Å²) in [6.07, 6.45) is -6.02. The van der Waals surface area contributed by atoms with Crippen LogP contribution in [0.2, 0.25) is 5.02 Å². The van der Waals surface area contributed by atoms with E-state index in [4.69, 9.17) is 16.3 Å². The molecule has 0 unspecified atom stereocenters. The first-order valence-corrected chi connectivity index (χ1v) is 15.8. The number of ether oxygens (including phenoxy) is 1. The minimum Gasteiger partial charge on any atom is -0.481 e. The molecule has 0 radical (unpaired) electrons. The number of halogens is 7. The molecule has 3 aromatic carbocycles. The van der Waals surface area contributed by atoms with Crippen LogP contribution >= 0.6 is 11.6 Å². The minimum absolute atomic E-state index is 0.0250. The number of hydrogen-bond acceptors (Lipinski definition) is 5. The Morgan fingerprint density at radius 1 is 0.935 bits per heavy atom. The second-order valence-electron chi connectivity index (χ2n) is 11.8. The van der Waals surface area contributed by atoms with E-state index in [1.54, 1.807) is 0 Å². The molecule has 3 aromatic rings. The highest BCUT2D eigenvalue weighted by molar-refractivity contribution is 7.92. The van der Waals surface area contributed by atoms with E-state index >= 15 is 0 Å². The molecular weight excluding hydrogens is 662 g/mol. The van der Waals surface area contributed by atoms with Gasteiger partial charge in [-0.1, -0.05) is 42.0 Å². The number of hydrogen-bond donors (Lipinski definition) is 1. The van der Waals surface area contributed by atoms with Gasteiger partial charge in [0, 0.05) is 30.2 Å². The number of carboxylic acids is 1. The van der Waals surface area contributed by atoms with Gasteiger partial charge >= 0.3 is 18.3 Å². The maximum atomic E-state index is 14.0. The van der Waals surface area contributed by atoms with E-state index in [2.05, 4.69) is 0 Å². The maximum Gasteiger partial charge on any atom is 0.417 e. The SMILES string of the molecule is O=C(O)C1(CN2CC3(C2)CN(S(=O)(=O)c2cccc(C(F)(F)F)c2)c2cc(/C=C/c4c(Cl)cccc4C(F)(F)F)ccc2O3)CC1. The average Bonchev–Trinajstić information content (AvgIpc) is 3.75. The van der Waals surface area contributed by atoms with Crippen LogP contribution in [0.25, 0.3) is 12.2 Å². The molecular formula is C31H25ClF6N2O5S. The number of sulfonamides is 1. The summed E-state index contributed by atoms with van der Waals surface area (Å²) >= 11 is 6.06. The molecule has 2 heterocycles. The van der Waals surface area contributed by atoms with Crippen molar-refractivity contribution in [3.8, 4) is 5.75 Å². The normalized spacial score (nSPS) is 19.1. The Morgan fingerprint density at radius 3 is 2.26 bits per heavy atom. The van der Waals surface area contributed by atoms with Gasteiger partial charge in [0.15, 0.2) is 5.60 Å². The van der Waals surface area contributed by atoms with Crippen LogP contribution in [0, 0.1) is 5.41 Å². The molecule has 0 bridgehead atoms. The molecule has 6 rings (SSSR count). The van der Waals surface area contributed by atoms with Crippen molar-refractivity contribution in [3.05, 3.63) is 87.9 Å². The van der Waals surface area contributed by atoms with Crippen molar-refractivity contribution in [3.63, 3.8) is 0 Å². The van der Waals surface area contributed by atoms with Crippen molar-refractivity contribution in [2.75, 3.05) is 30.5 Å². The first-order valence-electron chi connectivity index (χ1n) is 14.0. The van der Waals surface area contributed by atoms with Crippen molar-refractivity contribution >= 4 is 45.4 Å². The number of alkyl halides is 6. The summed E-state index contributed by atoms with van der Waals surface area (Å²) in [5.41, 5.74) is -4.18. The van der Waals surface area contributed by atoms with Crippen LogP contribution < -0.4 is 9.04 Å². The van der Waals surface area contributed by atoms with Crippen molar-refractivity contribution in [2.45, 2.75) is 35.7 Å². The van der Waals surface area contributed by atoms with Gasteiger partial charge in [-0.05, 0) is 60.9 Å². The number of carbonyl (C=O) groups is 1. The first-order chi connectivity index (χ1) is 21.4. The van der Waals surface area contributed by atoms with E-state index in [0.717, 1.165) is 34.6 Å². The Bertz CT molecular complexity index is 1850. The fourth-order valence-electron chi connectivity index (χ4n) is 5.90. The van der Waals surface area contributed by atoms with E-state index in [1.165, 1.54) is 36.4 Å². The summed E-state index contributed by atoms with van der Waals surface area (Å²) in [6, 6.07) is 10.9. The van der Waals surface area contributed by atoms with Crippen molar-refractivity contribution in [2.24, 2.45) is 5.41 Å². The zero-order chi connectivity index (χ0) is 33.3. The molecule has 2 aliphatic heterocycles. The van der Waals surface area contributed by atoms with E-state index in [-0.39, 0.29) is 53.8 Å². The predicted molar refractivity (Wildman–Crippen MR) is 157 cm³/mol. The van der Waals surface area contributed by atoms with Crippen LogP contribution in [0.5, 0.6) is 5.75 Å². The maximum absolute atomic E-state index is 14.0. The van der Waals surface area contributed by atoms with Gasteiger partial charge in [-0.2, -0.15) is 26.3 Å². The Hall–Kier alpha value is -3.75. The lowest BCUT2D eigenvalue weighted by Crippen LogP contribution is -2.71. The molecule has 1 saturated heterocycles. The number of carboxylic acid groups (broad SMARTS) is 1. The number of anilines is 1. The summed E-state index contributed by atoms with van der Waals surface area (Å²) in [7, 11) is -4.63. The molecule has 15 heteroatoms. The lowest BCUT2D eigenvalue weighted by molar-refractivity contribution is -0.147. The highest BCUT2D eigenvalue weighted by atomic mass is 35.5. The van der Waals surface area contributed by atoms with Crippen LogP contribution in [0.3, 0.4) is 0 Å². The second kappa shape index (κ2) is 10.9. The third-order valence-corrected chi connectivity index (χ3v) is 10.5. The minimum atomic E-state index is -4.81. The molecule has 7 nitrogen and oxygen atoms in total. The summed E-state index contributed by atoms with van der Waals surface area (Å²) in [5, 5.41) is 9.42. The molecule has 0 amide bonds. The predicted octanol–water partition coefficient (Wildman–Crippen LogP) is 7.05. The number of benzene rings is 3. The Morgan fingerprint density at radius 2 is 1.63 bits per heavy atom. The molecule has 1 spiro atoms. The van der Waals surface area contributed by atoms with E-state index < -0.39 is 55.4 Å². The Balaban J connectivity index is 1.37. The molecule has 0 atom stereocenters. The fraction of sp³-hybridized carbons (Fsp3) is 0.323. The molecule has 2 fully saturated rings. The molecule has 1 N–H and O–H groups in total. The summed E-state index contributed by atoms with van der Waals surface area (Å²) in [5.74, 6) is -0.830. The van der Waals surface area contributed by atoms with Gasteiger partial charge in [0.2, 0.25) is 0 Å². The lowest BCUT2D eigenvalue weighted by atomic mass is 9.90. The number of fused-ring (bicyclic) bond motifs is 1. The van der Waals surface area contributed by atoms with Crippen molar-refractivity contribution in [1.82, 2.24) is 4.90 Å². The lowest BCUT2D eigenvalue weighted by Gasteiger charge is -2.54. The molecule has 1 saturated carbocycles. The van der Waals surface area contributed by atoms with Crippen LogP contribution in [0.15, 0.2) is 65.6 Å². The topological polar surface area (TPSA) is 87.2 Å². The summed E-state index contributed by atoms with van der Waals surface area (Å²) < 4.78 is 117. The van der Waals surface area contributed by atoms with Crippen LogP contribution in [0.4, 0.5) is 32.0 Å². The Kier molecular flexibility index (Phi) is 7.64. The smallest absolute Gasteiger partial charge is 0.417 e. The number of nitrogens with zero attached hydrogens (tertiary/aromatic N) is 2. The second-order valence-corrected chi connectivity index (χ2v) is 14.1. The highest BCUT2D eigenvalue weighted by Crippen LogP contribution is 2.50. The van der Waals surface area contributed by atoms with Gasteiger partial charge in [0.25, 0.3) is 10.0 Å². The van der Waals surface area contributed by atoms with Crippen LogP contribution in [-0.2, 0) is 27.2 Å². The third-order valence-electron chi connectivity index (χ3n) is 8.42. The van der Waals surface area contributed by atoms with Gasteiger partial charge in [-0.25, -0.2) is 8.42 Å². The molecule has 46 heavy (non-hydrogen) atoms. The van der Waals surface area contributed by atoms with Crippen LogP contribution in [-0.4, -0.2) is 56.2 Å². The zero-order valence-corrected chi connectivity index (χ0v) is 25.3. The third kappa shape index (κ3) is 5.93. The van der Waals surface area contributed by atoms with Gasteiger partial charge in [0.1, 0.15) is 5.75 Å². The van der Waals surface area contributed by atoms with Crippen LogP contribution in [0.1, 0.15) is 35.1 Å². The molecule has 0 aromatic heterocycles. The number of likely N-dealkylation sites (tertiary alicyclic amines) is 1. The quantitative estimate of drug-likeness (QED) is 0.212. The largest absolute Gasteiger partial charge is 0.481 e. The van der Waals surface area contributed by atoms with E-state index in [0.29, 0.717) is 18.9 Å². The molecule has 3 aliphatic rings. The molecule has 1 aliphatic carbocycles. The van der Waals surface area contributed by atoms with E-state index in [1.807, 2.05) is 4.90 Å². The first kappa shape index (κ1) is 32.2. The number of aliphatic carboxylic acids is 1. The average molecular weight is 687 g/mol. The standard InChI is InChI=1S/C31H25ClF6N2O5S/c32-24-6-2-5-23(31(36,37)38)22(24)9-7-19-8-10-26-25(13-19)40(46(43,44)21-4-1-3-20(14-21)30(33,34)35)18-29(45-26)16-39(17-29)15-28(11-12-28)27(41)42/h1-10,13-14H,11-12,15-18H2,(H,41,42)/b9-7+. The van der Waals surface area contributed by atoms with Gasteiger partial charge in [-0.3, -0.25) is 14.0 Å². The van der Waals surface area contributed by atoms with E-state index in [9.17, 15) is 44.7 Å². The summed E-state index contributed by atoms with van der Waals surface area (Å²) in [6.45, 7) is 0.284. The Labute approximate surface area is 264 Å². The monoisotopic (exact) mass is 686 g/mol. The van der Waals surface area contributed by atoms with Gasteiger partial charge in [0.05, 0.1) is 33.7 Å². The van der Waals surface area contributed by atoms with Crippen molar-refractivity contribution in [1.29, 1.82) is 0 Å². The van der Waals surface area contributed by atoms with Crippen molar-refractivity contribution < 1.29 is 49.4 Å². The molecule has 244 valence electrons. The summed E-state index contributed by atoms with van der Waals surface area (Å²) in [4.78, 5) is 12.9. The highest BCUT2D eigenvalue weighted by Gasteiger charge is 2.57. The number of rotatable bonds is 7.